The third-order valence-electron chi connectivity index (χ3n) is 5.66. The number of aromatic nitrogens is 2. The molecule has 4 heterocycles. The Hall–Kier alpha value is -2.18. The molecule has 3 aliphatic rings. The van der Waals surface area contributed by atoms with Crippen LogP contribution >= 0.6 is 0 Å². The van der Waals surface area contributed by atoms with E-state index in [0.29, 0.717) is 5.92 Å². The largest absolute Gasteiger partial charge is 0.378 e. The summed E-state index contributed by atoms with van der Waals surface area (Å²) in [5, 5.41) is 3.50. The topological polar surface area (TPSA) is 53.5 Å². The molecule has 5 rings (SSSR count). The molecule has 26 heavy (non-hydrogen) atoms. The summed E-state index contributed by atoms with van der Waals surface area (Å²) in [6.07, 6.45) is 2.19. The van der Waals surface area contributed by atoms with Crippen molar-refractivity contribution in [1.29, 1.82) is 0 Å². The van der Waals surface area contributed by atoms with Crippen LogP contribution in [0.1, 0.15) is 23.6 Å². The summed E-state index contributed by atoms with van der Waals surface area (Å²) in [6.45, 7) is 6.33. The highest BCUT2D eigenvalue weighted by Crippen LogP contribution is 2.39. The van der Waals surface area contributed by atoms with Crippen LogP contribution in [-0.2, 0) is 11.2 Å². The van der Waals surface area contributed by atoms with Gasteiger partial charge in [-0.1, -0.05) is 18.2 Å². The van der Waals surface area contributed by atoms with Crippen LogP contribution in [0.4, 0.5) is 17.5 Å². The van der Waals surface area contributed by atoms with Crippen molar-refractivity contribution in [3.8, 4) is 0 Å². The molecule has 3 aliphatic heterocycles. The van der Waals surface area contributed by atoms with Gasteiger partial charge in [-0.15, -0.1) is 0 Å². The maximum Gasteiger partial charge on any atom is 0.227 e. The number of nitrogens with one attached hydrogen (secondary N) is 1. The van der Waals surface area contributed by atoms with Crippen LogP contribution in [-0.4, -0.2) is 55.9 Å². The molecule has 2 fully saturated rings. The maximum atomic E-state index is 5.52. The second-order valence-corrected chi connectivity index (χ2v) is 7.24. The summed E-state index contributed by atoms with van der Waals surface area (Å²) < 4.78 is 5.52. The molecule has 0 bridgehead atoms. The summed E-state index contributed by atoms with van der Waals surface area (Å²) in [6, 6.07) is 10.6. The van der Waals surface area contributed by atoms with E-state index in [-0.39, 0.29) is 0 Å². The Labute approximate surface area is 154 Å². The lowest BCUT2D eigenvalue weighted by Gasteiger charge is -2.29. The molecule has 1 aromatic heterocycles. The third kappa shape index (κ3) is 2.83. The number of hydrogen-bond donors (Lipinski definition) is 1. The van der Waals surface area contributed by atoms with Gasteiger partial charge in [-0.05, 0) is 31.5 Å². The molecule has 0 aliphatic carbocycles. The van der Waals surface area contributed by atoms with Gasteiger partial charge in [0.25, 0.3) is 0 Å². The standard InChI is InChI=1S/C20H25N5O/c1-2-4-16(5-3-1)25-9-7-17-18(15-6-8-21-14-15)22-20(23-19(17)25)24-10-12-26-13-11-24/h1-5,15,21H,6-14H2. The molecule has 0 spiro atoms. The average molecular weight is 351 g/mol. The van der Waals surface area contributed by atoms with E-state index in [0.717, 1.165) is 70.5 Å². The fraction of sp³-hybridized carbons (Fsp3) is 0.500. The van der Waals surface area contributed by atoms with Gasteiger partial charge in [-0.3, -0.25) is 0 Å². The molecule has 0 amide bonds. The van der Waals surface area contributed by atoms with Gasteiger partial charge >= 0.3 is 0 Å². The molecule has 0 radical (unpaired) electrons. The van der Waals surface area contributed by atoms with Crippen molar-refractivity contribution in [2.75, 3.05) is 55.7 Å². The van der Waals surface area contributed by atoms with Crippen LogP contribution in [0.15, 0.2) is 30.3 Å². The fourth-order valence-corrected chi connectivity index (χ4v) is 4.26. The smallest absolute Gasteiger partial charge is 0.227 e. The normalized spacial score (nSPS) is 22.7. The summed E-state index contributed by atoms with van der Waals surface area (Å²) in [4.78, 5) is 14.7. The van der Waals surface area contributed by atoms with Crippen molar-refractivity contribution in [3.05, 3.63) is 41.6 Å². The molecule has 1 N–H and O–H groups in total. The summed E-state index contributed by atoms with van der Waals surface area (Å²) in [5.74, 6) is 2.48. The first-order valence-electron chi connectivity index (χ1n) is 9.67. The number of fused-ring (bicyclic) bond motifs is 1. The minimum Gasteiger partial charge on any atom is -0.378 e. The zero-order valence-corrected chi connectivity index (χ0v) is 15.0. The van der Waals surface area contributed by atoms with Gasteiger partial charge < -0.3 is 19.9 Å². The Kier molecular flexibility index (Phi) is 4.22. The Morgan fingerprint density at radius 3 is 2.65 bits per heavy atom. The van der Waals surface area contributed by atoms with Gasteiger partial charge in [-0.2, -0.15) is 4.98 Å². The number of para-hydroxylation sites is 1. The third-order valence-corrected chi connectivity index (χ3v) is 5.66. The van der Waals surface area contributed by atoms with Crippen LogP contribution in [0.25, 0.3) is 0 Å². The maximum absolute atomic E-state index is 5.52. The summed E-state index contributed by atoms with van der Waals surface area (Å²) >= 11 is 0. The summed E-state index contributed by atoms with van der Waals surface area (Å²) in [7, 11) is 0. The quantitative estimate of drug-likeness (QED) is 0.914. The first-order chi connectivity index (χ1) is 12.9. The zero-order valence-electron chi connectivity index (χ0n) is 15.0. The number of ether oxygens (including phenoxy) is 1. The average Bonchev–Trinajstić information content (AvgIpc) is 3.39. The number of rotatable bonds is 3. The number of benzene rings is 1. The molecule has 1 unspecified atom stereocenters. The number of anilines is 3. The van der Waals surface area contributed by atoms with Crippen LogP contribution in [0.3, 0.4) is 0 Å². The minimum atomic E-state index is 0.502. The van der Waals surface area contributed by atoms with Gasteiger partial charge in [0, 0.05) is 43.3 Å². The fourth-order valence-electron chi connectivity index (χ4n) is 4.26. The van der Waals surface area contributed by atoms with Crippen molar-refractivity contribution in [2.24, 2.45) is 0 Å². The van der Waals surface area contributed by atoms with Crippen molar-refractivity contribution < 1.29 is 4.74 Å². The minimum absolute atomic E-state index is 0.502. The Morgan fingerprint density at radius 2 is 1.88 bits per heavy atom. The molecule has 136 valence electrons. The first-order valence-corrected chi connectivity index (χ1v) is 9.67. The van der Waals surface area contributed by atoms with Gasteiger partial charge in [0.1, 0.15) is 5.82 Å². The highest BCUT2D eigenvalue weighted by molar-refractivity contribution is 5.68. The van der Waals surface area contributed by atoms with E-state index in [1.807, 2.05) is 0 Å². The Morgan fingerprint density at radius 1 is 1.04 bits per heavy atom. The lowest BCUT2D eigenvalue weighted by molar-refractivity contribution is 0.122. The van der Waals surface area contributed by atoms with E-state index in [1.54, 1.807) is 0 Å². The van der Waals surface area contributed by atoms with Crippen LogP contribution in [0, 0.1) is 0 Å². The van der Waals surface area contributed by atoms with E-state index >= 15 is 0 Å². The van der Waals surface area contributed by atoms with Crippen LogP contribution < -0.4 is 15.1 Å². The Balaban J connectivity index is 1.59. The highest BCUT2D eigenvalue weighted by atomic mass is 16.5. The molecule has 0 saturated carbocycles. The zero-order chi connectivity index (χ0) is 17.3. The molecule has 2 saturated heterocycles. The predicted octanol–water partition coefficient (Wildman–Crippen LogP) is 2.08. The second-order valence-electron chi connectivity index (χ2n) is 7.24. The molecular formula is C20H25N5O. The van der Waals surface area contributed by atoms with E-state index in [1.165, 1.54) is 16.9 Å². The summed E-state index contributed by atoms with van der Waals surface area (Å²) in [5.41, 5.74) is 3.83. The van der Waals surface area contributed by atoms with E-state index in [2.05, 4.69) is 45.4 Å². The van der Waals surface area contributed by atoms with E-state index in [4.69, 9.17) is 14.7 Å². The molecule has 6 heteroatoms. The van der Waals surface area contributed by atoms with Crippen molar-refractivity contribution in [1.82, 2.24) is 15.3 Å². The van der Waals surface area contributed by atoms with Crippen molar-refractivity contribution in [2.45, 2.75) is 18.8 Å². The number of nitrogens with zero attached hydrogens (tertiary/aromatic N) is 4. The van der Waals surface area contributed by atoms with Gasteiger partial charge in [0.05, 0.1) is 18.9 Å². The lowest BCUT2D eigenvalue weighted by atomic mass is 9.99. The number of morpholine rings is 1. The molecule has 1 aromatic carbocycles. The van der Waals surface area contributed by atoms with Crippen molar-refractivity contribution in [3.63, 3.8) is 0 Å². The molecule has 1 atom stereocenters. The molecule has 2 aromatic rings. The van der Waals surface area contributed by atoms with Crippen molar-refractivity contribution >= 4 is 17.5 Å². The SMILES string of the molecule is c1ccc(N2CCc3c(C4CCNC4)nc(N4CCOCC4)nc32)cc1. The highest BCUT2D eigenvalue weighted by Gasteiger charge is 2.32. The van der Waals surface area contributed by atoms with E-state index in [9.17, 15) is 0 Å². The van der Waals surface area contributed by atoms with Gasteiger partial charge in [-0.25, -0.2) is 4.98 Å². The second kappa shape index (κ2) is 6.85. The van der Waals surface area contributed by atoms with Crippen LogP contribution in [0.2, 0.25) is 0 Å². The van der Waals surface area contributed by atoms with Gasteiger partial charge in [0.2, 0.25) is 5.95 Å². The Bertz CT molecular complexity index is 769. The lowest BCUT2D eigenvalue weighted by Crippen LogP contribution is -2.37. The number of hydrogen-bond acceptors (Lipinski definition) is 6. The predicted molar refractivity (Wildman–Crippen MR) is 102 cm³/mol. The molecular weight excluding hydrogens is 326 g/mol. The monoisotopic (exact) mass is 351 g/mol. The van der Waals surface area contributed by atoms with Gasteiger partial charge in [0.15, 0.2) is 0 Å². The first kappa shape index (κ1) is 16.0. The van der Waals surface area contributed by atoms with E-state index < -0.39 is 0 Å². The van der Waals surface area contributed by atoms with Crippen LogP contribution in [0.5, 0.6) is 0 Å². The molecule has 6 nitrogen and oxygen atoms in total.